The van der Waals surface area contributed by atoms with Crippen LogP contribution in [0.5, 0.6) is 0 Å². The fourth-order valence-corrected chi connectivity index (χ4v) is 4.59. The van der Waals surface area contributed by atoms with Crippen molar-refractivity contribution >= 4 is 15.9 Å². The topological polar surface area (TPSA) is 60.9 Å². The van der Waals surface area contributed by atoms with E-state index in [1.807, 2.05) is 23.9 Å². The van der Waals surface area contributed by atoms with E-state index in [-0.39, 0.29) is 23.7 Å². The largest absolute Gasteiger partial charge is 0.337 e. The van der Waals surface area contributed by atoms with Crippen LogP contribution >= 0.6 is 0 Å². The van der Waals surface area contributed by atoms with E-state index in [0.29, 0.717) is 25.9 Å². The zero-order valence-electron chi connectivity index (χ0n) is 12.6. The molecule has 0 radical (unpaired) electrons. The summed E-state index contributed by atoms with van der Waals surface area (Å²) in [6.07, 6.45) is 1.90. The lowest BCUT2D eigenvalue weighted by atomic mass is 9.97. The van der Waals surface area contributed by atoms with Gasteiger partial charge in [-0.2, -0.15) is 4.31 Å². The average Bonchev–Trinajstić information content (AvgIpc) is 2.82. The summed E-state index contributed by atoms with van der Waals surface area (Å²) in [7, 11) is 0.806. The minimum atomic E-state index is -3.16. The van der Waals surface area contributed by atoms with E-state index >= 15 is 0 Å². The summed E-state index contributed by atoms with van der Waals surface area (Å²) in [6, 6.07) is 0.0531. The van der Waals surface area contributed by atoms with Crippen molar-refractivity contribution in [3.05, 3.63) is 0 Å². The highest BCUT2D eigenvalue weighted by Gasteiger charge is 2.46. The molecule has 2 aliphatic rings. The number of likely N-dealkylation sites (tertiary alicyclic amines) is 1. The molecular formula is C13H25N3O3S. The maximum absolute atomic E-state index is 12.1. The van der Waals surface area contributed by atoms with Gasteiger partial charge in [-0.1, -0.05) is 0 Å². The zero-order valence-corrected chi connectivity index (χ0v) is 13.4. The smallest absolute Gasteiger partial charge is 0.222 e. The van der Waals surface area contributed by atoms with Crippen molar-refractivity contribution in [2.75, 3.05) is 39.5 Å². The second kappa shape index (κ2) is 5.99. The van der Waals surface area contributed by atoms with E-state index in [4.69, 9.17) is 0 Å². The maximum Gasteiger partial charge on any atom is 0.222 e. The summed E-state index contributed by atoms with van der Waals surface area (Å²) >= 11 is 0. The van der Waals surface area contributed by atoms with E-state index in [1.54, 1.807) is 11.2 Å². The van der Waals surface area contributed by atoms with Crippen LogP contribution in [0.4, 0.5) is 0 Å². The molecule has 2 atom stereocenters. The van der Waals surface area contributed by atoms with Crippen molar-refractivity contribution in [2.45, 2.75) is 38.3 Å². The molecule has 0 aromatic heterocycles. The van der Waals surface area contributed by atoms with Crippen molar-refractivity contribution in [3.63, 3.8) is 0 Å². The Labute approximate surface area is 121 Å². The molecule has 0 saturated carbocycles. The van der Waals surface area contributed by atoms with Crippen LogP contribution in [0.25, 0.3) is 0 Å². The number of likely N-dealkylation sites (N-methyl/N-ethyl adjacent to an activating group) is 1. The summed E-state index contributed by atoms with van der Waals surface area (Å²) in [5.74, 6) is 0.311. The number of hydrogen-bond donors (Lipinski definition) is 0. The van der Waals surface area contributed by atoms with Crippen LogP contribution in [0, 0.1) is 0 Å². The predicted molar refractivity (Wildman–Crippen MR) is 77.9 cm³/mol. The van der Waals surface area contributed by atoms with Crippen LogP contribution in [0.2, 0.25) is 0 Å². The first kappa shape index (κ1) is 15.7. The van der Waals surface area contributed by atoms with Crippen molar-refractivity contribution in [1.82, 2.24) is 14.1 Å². The van der Waals surface area contributed by atoms with Crippen molar-refractivity contribution in [1.29, 1.82) is 0 Å². The van der Waals surface area contributed by atoms with Crippen LogP contribution in [-0.4, -0.2) is 80.0 Å². The molecule has 2 heterocycles. The standard InChI is InChI=1S/C13H25N3O3S/c1-4-20(18,19)16-8-7-11-12(16)5-6-13(17)15(11)10-9-14(2)3/h11-12H,4-10H2,1-3H3/t11-,12-/m1/s1. The Kier molecular flexibility index (Phi) is 4.71. The van der Waals surface area contributed by atoms with Crippen LogP contribution < -0.4 is 0 Å². The van der Waals surface area contributed by atoms with Crippen LogP contribution in [0.1, 0.15) is 26.2 Å². The quantitative estimate of drug-likeness (QED) is 0.715. The van der Waals surface area contributed by atoms with Crippen molar-refractivity contribution < 1.29 is 13.2 Å². The predicted octanol–water partition coefficient (Wildman–Crippen LogP) is -0.0370. The molecule has 2 rings (SSSR count). The second-order valence-electron chi connectivity index (χ2n) is 5.86. The number of fused-ring (bicyclic) bond motifs is 1. The van der Waals surface area contributed by atoms with Gasteiger partial charge in [0, 0.05) is 38.1 Å². The van der Waals surface area contributed by atoms with Gasteiger partial charge < -0.3 is 9.80 Å². The molecule has 7 heteroatoms. The summed E-state index contributed by atoms with van der Waals surface area (Å²) in [4.78, 5) is 16.1. The van der Waals surface area contributed by atoms with Gasteiger partial charge in [-0.25, -0.2) is 8.42 Å². The van der Waals surface area contributed by atoms with Gasteiger partial charge in [-0.05, 0) is 33.9 Å². The maximum atomic E-state index is 12.1. The van der Waals surface area contributed by atoms with Gasteiger partial charge in [0.1, 0.15) is 0 Å². The number of rotatable bonds is 5. The van der Waals surface area contributed by atoms with Gasteiger partial charge in [0.15, 0.2) is 0 Å². The Morgan fingerprint density at radius 1 is 1.25 bits per heavy atom. The second-order valence-corrected chi connectivity index (χ2v) is 8.07. The monoisotopic (exact) mass is 303 g/mol. The average molecular weight is 303 g/mol. The molecular weight excluding hydrogens is 278 g/mol. The third-order valence-corrected chi connectivity index (χ3v) is 6.24. The minimum absolute atomic E-state index is 0.0141. The van der Waals surface area contributed by atoms with Crippen molar-refractivity contribution in [2.24, 2.45) is 0 Å². The van der Waals surface area contributed by atoms with Gasteiger partial charge in [0.05, 0.1) is 5.75 Å². The molecule has 116 valence electrons. The molecule has 0 aliphatic carbocycles. The summed E-state index contributed by atoms with van der Waals surface area (Å²) in [5, 5.41) is 0. The Morgan fingerprint density at radius 2 is 1.95 bits per heavy atom. The molecule has 0 aromatic carbocycles. The van der Waals surface area contributed by atoms with Gasteiger partial charge in [-0.3, -0.25) is 4.79 Å². The summed E-state index contributed by atoms with van der Waals surface area (Å²) in [6.45, 7) is 3.74. The fourth-order valence-electron chi connectivity index (χ4n) is 3.22. The lowest BCUT2D eigenvalue weighted by Gasteiger charge is -2.39. The van der Waals surface area contributed by atoms with Gasteiger partial charge in [0.25, 0.3) is 0 Å². The van der Waals surface area contributed by atoms with Gasteiger partial charge in [0.2, 0.25) is 15.9 Å². The van der Waals surface area contributed by atoms with Crippen LogP contribution in [0.15, 0.2) is 0 Å². The summed E-state index contributed by atoms with van der Waals surface area (Å²) < 4.78 is 25.9. The van der Waals surface area contributed by atoms with Crippen LogP contribution in [-0.2, 0) is 14.8 Å². The van der Waals surface area contributed by atoms with Gasteiger partial charge in [-0.15, -0.1) is 0 Å². The lowest BCUT2D eigenvalue weighted by molar-refractivity contribution is -0.137. The number of amides is 1. The van der Waals surface area contributed by atoms with E-state index in [0.717, 1.165) is 13.0 Å². The molecule has 20 heavy (non-hydrogen) atoms. The normalized spacial score (nSPS) is 28.2. The number of nitrogens with zero attached hydrogens (tertiary/aromatic N) is 3. The summed E-state index contributed by atoms with van der Waals surface area (Å²) in [5.41, 5.74) is 0. The molecule has 0 bridgehead atoms. The van der Waals surface area contributed by atoms with E-state index in [2.05, 4.69) is 0 Å². The Balaban J connectivity index is 2.12. The SMILES string of the molecule is CCS(=O)(=O)N1CC[C@@H]2[C@H]1CCC(=O)N2CCN(C)C. The number of carbonyl (C=O) groups excluding carboxylic acids is 1. The van der Waals surface area contributed by atoms with E-state index in [9.17, 15) is 13.2 Å². The number of carbonyl (C=O) groups is 1. The third kappa shape index (κ3) is 2.99. The first-order valence-electron chi connectivity index (χ1n) is 7.30. The molecule has 2 saturated heterocycles. The molecule has 2 aliphatic heterocycles. The number of piperidine rings is 1. The number of sulfonamides is 1. The third-order valence-electron chi connectivity index (χ3n) is 4.34. The molecule has 0 spiro atoms. The molecule has 1 amide bonds. The molecule has 0 unspecified atom stereocenters. The first-order chi connectivity index (χ1) is 9.36. The van der Waals surface area contributed by atoms with Crippen molar-refractivity contribution in [3.8, 4) is 0 Å². The highest BCUT2D eigenvalue weighted by molar-refractivity contribution is 7.89. The highest BCUT2D eigenvalue weighted by atomic mass is 32.2. The Morgan fingerprint density at radius 3 is 2.55 bits per heavy atom. The molecule has 6 nitrogen and oxygen atoms in total. The Hall–Kier alpha value is -0.660. The van der Waals surface area contributed by atoms with E-state index < -0.39 is 10.0 Å². The first-order valence-corrected chi connectivity index (χ1v) is 8.91. The lowest BCUT2D eigenvalue weighted by Crippen LogP contribution is -2.54. The van der Waals surface area contributed by atoms with E-state index in [1.165, 1.54) is 0 Å². The Bertz CT molecular complexity index is 463. The van der Waals surface area contributed by atoms with Gasteiger partial charge >= 0.3 is 0 Å². The van der Waals surface area contributed by atoms with Crippen LogP contribution in [0.3, 0.4) is 0 Å². The molecule has 0 N–H and O–H groups in total. The minimum Gasteiger partial charge on any atom is -0.337 e. The molecule has 0 aromatic rings. The zero-order chi connectivity index (χ0) is 14.9. The highest BCUT2D eigenvalue weighted by Crippen LogP contribution is 2.33. The molecule has 2 fully saturated rings. The fraction of sp³-hybridized carbons (Fsp3) is 0.923. The number of hydrogen-bond acceptors (Lipinski definition) is 4.